The summed E-state index contributed by atoms with van der Waals surface area (Å²) < 4.78 is 4.29. The Kier molecular flexibility index (Phi) is 6.11. The lowest BCUT2D eigenvalue weighted by Gasteiger charge is -2.14. The predicted octanol–water partition coefficient (Wildman–Crippen LogP) is 5.77. The molecule has 8 heteroatoms. The molecule has 184 valence electrons. The molecular weight excluding hydrogens is 470 g/mol. The summed E-state index contributed by atoms with van der Waals surface area (Å²) in [5.74, 6) is 0.791. The first-order chi connectivity index (χ1) is 17.6. The van der Waals surface area contributed by atoms with Crippen molar-refractivity contribution in [2.45, 2.75) is 52.2 Å². The van der Waals surface area contributed by atoms with E-state index in [1.807, 2.05) is 18.7 Å². The topological polar surface area (TPSA) is 72.1 Å². The largest absolute Gasteiger partial charge is 0.367 e. The van der Waals surface area contributed by atoms with E-state index in [4.69, 9.17) is 21.6 Å². The van der Waals surface area contributed by atoms with E-state index in [0.717, 1.165) is 70.4 Å². The minimum Gasteiger partial charge on any atom is -0.367 e. The third-order valence-corrected chi connectivity index (χ3v) is 7.34. The second-order valence-electron chi connectivity index (χ2n) is 9.73. The number of nitrogens with zero attached hydrogens (tertiary/aromatic N) is 5. The van der Waals surface area contributed by atoms with E-state index in [1.165, 1.54) is 24.0 Å². The summed E-state index contributed by atoms with van der Waals surface area (Å²) in [4.78, 5) is 13.9. The Hall–Kier alpha value is -3.42. The number of hydrogen-bond acceptors (Lipinski definition) is 5. The summed E-state index contributed by atoms with van der Waals surface area (Å²) in [6.07, 6.45) is 11.0. The third-order valence-electron chi connectivity index (χ3n) is 6.99. The highest BCUT2D eigenvalue weighted by atomic mass is 35.5. The van der Waals surface area contributed by atoms with Crippen molar-refractivity contribution in [2.75, 3.05) is 11.9 Å². The highest BCUT2D eigenvalue weighted by Gasteiger charge is 2.21. The number of rotatable bonds is 9. The number of nitrogens with one attached hydrogen (secondary N) is 2. The van der Waals surface area contributed by atoms with Crippen LogP contribution in [0.3, 0.4) is 0 Å². The van der Waals surface area contributed by atoms with Crippen molar-refractivity contribution in [3.63, 3.8) is 0 Å². The standard InChI is InChI=1S/C28H30ClN7/c1-18-12-24-25(13-19(18)2)36-26(20-4-5-21(23(29)14-20)15-32-22-6-7-22)16-33-28(36)27(34-24)31-8-3-10-35-11-9-30-17-35/h4-5,9,11-14,16-17,22,32H,3,6-8,10,15H2,1-2H3,(H,31,34). The maximum absolute atomic E-state index is 6.72. The number of imidazole rings is 2. The summed E-state index contributed by atoms with van der Waals surface area (Å²) in [6.45, 7) is 6.75. The minimum atomic E-state index is 0.649. The van der Waals surface area contributed by atoms with Crippen LogP contribution in [-0.2, 0) is 13.1 Å². The van der Waals surface area contributed by atoms with Gasteiger partial charge in [0.1, 0.15) is 0 Å². The molecule has 0 radical (unpaired) electrons. The lowest BCUT2D eigenvalue weighted by Crippen LogP contribution is -2.15. The van der Waals surface area contributed by atoms with E-state index in [9.17, 15) is 0 Å². The molecule has 2 aromatic carbocycles. The van der Waals surface area contributed by atoms with Crippen molar-refractivity contribution in [3.05, 3.63) is 77.0 Å². The Bertz CT molecular complexity index is 1530. The first-order valence-corrected chi connectivity index (χ1v) is 12.9. The van der Waals surface area contributed by atoms with Crippen molar-refractivity contribution in [3.8, 4) is 11.3 Å². The first kappa shape index (κ1) is 23.0. The molecule has 7 nitrogen and oxygen atoms in total. The molecule has 3 aromatic heterocycles. The number of aromatic nitrogens is 5. The van der Waals surface area contributed by atoms with E-state index < -0.39 is 0 Å². The number of aryl methyl sites for hydroxylation is 3. The number of halogens is 1. The summed E-state index contributed by atoms with van der Waals surface area (Å²) in [5.41, 5.74) is 8.42. The number of anilines is 1. The average molecular weight is 500 g/mol. The molecule has 0 aliphatic heterocycles. The van der Waals surface area contributed by atoms with Gasteiger partial charge in [-0.1, -0.05) is 23.7 Å². The number of fused-ring (bicyclic) bond motifs is 3. The molecular formula is C28H30ClN7. The molecule has 3 heterocycles. The lowest BCUT2D eigenvalue weighted by molar-refractivity contribution is 0.660. The summed E-state index contributed by atoms with van der Waals surface area (Å²) in [6, 6.07) is 11.3. The van der Waals surface area contributed by atoms with Gasteiger partial charge in [0.15, 0.2) is 11.5 Å². The van der Waals surface area contributed by atoms with Crippen LogP contribution < -0.4 is 10.6 Å². The molecule has 36 heavy (non-hydrogen) atoms. The van der Waals surface area contributed by atoms with E-state index in [2.05, 4.69) is 68.8 Å². The average Bonchev–Trinajstić information content (AvgIpc) is 3.35. The van der Waals surface area contributed by atoms with Crippen molar-refractivity contribution >= 4 is 34.1 Å². The van der Waals surface area contributed by atoms with Gasteiger partial charge in [0.05, 0.1) is 29.3 Å². The van der Waals surface area contributed by atoms with Gasteiger partial charge in [-0.3, -0.25) is 4.40 Å². The van der Waals surface area contributed by atoms with Crippen LogP contribution in [0, 0.1) is 13.8 Å². The van der Waals surface area contributed by atoms with Gasteiger partial charge in [-0.25, -0.2) is 15.0 Å². The van der Waals surface area contributed by atoms with Crippen LogP contribution in [-0.4, -0.2) is 36.5 Å². The zero-order chi connectivity index (χ0) is 24.6. The fourth-order valence-corrected chi connectivity index (χ4v) is 4.84. The second-order valence-corrected chi connectivity index (χ2v) is 10.1. The van der Waals surface area contributed by atoms with Crippen LogP contribution in [0.2, 0.25) is 5.02 Å². The van der Waals surface area contributed by atoms with E-state index in [0.29, 0.717) is 6.04 Å². The van der Waals surface area contributed by atoms with E-state index >= 15 is 0 Å². The van der Waals surface area contributed by atoms with Gasteiger partial charge in [0.25, 0.3) is 0 Å². The zero-order valence-corrected chi connectivity index (χ0v) is 21.4. The van der Waals surface area contributed by atoms with Gasteiger partial charge < -0.3 is 15.2 Å². The van der Waals surface area contributed by atoms with E-state index in [1.54, 1.807) is 6.20 Å². The maximum Gasteiger partial charge on any atom is 0.181 e. The fraction of sp³-hybridized carbons (Fsp3) is 0.321. The minimum absolute atomic E-state index is 0.649. The lowest BCUT2D eigenvalue weighted by atomic mass is 10.1. The molecule has 0 amide bonds. The third kappa shape index (κ3) is 4.56. The molecule has 1 fully saturated rings. The Labute approximate surface area is 215 Å². The van der Waals surface area contributed by atoms with Gasteiger partial charge in [-0.15, -0.1) is 0 Å². The van der Waals surface area contributed by atoms with Crippen LogP contribution in [0.4, 0.5) is 5.82 Å². The fourth-order valence-electron chi connectivity index (χ4n) is 4.59. The molecule has 0 spiro atoms. The summed E-state index contributed by atoms with van der Waals surface area (Å²) in [5, 5.41) is 7.86. The van der Waals surface area contributed by atoms with E-state index in [-0.39, 0.29) is 0 Å². The molecule has 1 aliphatic carbocycles. The summed E-state index contributed by atoms with van der Waals surface area (Å²) in [7, 11) is 0. The number of hydrogen-bond donors (Lipinski definition) is 2. The SMILES string of the molecule is Cc1cc2nc(NCCCn3ccnc3)c3ncc(-c4ccc(CNC5CC5)c(Cl)c4)n3c2cc1C. The van der Waals surface area contributed by atoms with Crippen molar-refractivity contribution in [2.24, 2.45) is 0 Å². The molecule has 0 atom stereocenters. The van der Waals surface area contributed by atoms with Crippen LogP contribution in [0.1, 0.15) is 36.0 Å². The van der Waals surface area contributed by atoms with Crippen LogP contribution in [0.5, 0.6) is 0 Å². The van der Waals surface area contributed by atoms with Crippen LogP contribution in [0.15, 0.2) is 55.2 Å². The van der Waals surface area contributed by atoms with Crippen molar-refractivity contribution < 1.29 is 0 Å². The molecule has 1 aliphatic rings. The Balaban J connectivity index is 1.37. The highest BCUT2D eigenvalue weighted by molar-refractivity contribution is 6.31. The van der Waals surface area contributed by atoms with Gasteiger partial charge in [-0.05, 0) is 68.0 Å². The van der Waals surface area contributed by atoms with Crippen molar-refractivity contribution in [1.82, 2.24) is 29.2 Å². The predicted molar refractivity (Wildman–Crippen MR) is 146 cm³/mol. The summed E-state index contributed by atoms with van der Waals surface area (Å²) >= 11 is 6.72. The van der Waals surface area contributed by atoms with Crippen LogP contribution in [0.25, 0.3) is 27.9 Å². The van der Waals surface area contributed by atoms with Gasteiger partial charge in [-0.2, -0.15) is 0 Å². The van der Waals surface area contributed by atoms with Crippen LogP contribution >= 0.6 is 11.6 Å². The quantitative estimate of drug-likeness (QED) is 0.252. The first-order valence-electron chi connectivity index (χ1n) is 12.6. The second kappa shape index (κ2) is 9.56. The molecule has 0 saturated heterocycles. The smallest absolute Gasteiger partial charge is 0.181 e. The Morgan fingerprint density at radius 1 is 1.11 bits per heavy atom. The molecule has 0 bridgehead atoms. The molecule has 1 saturated carbocycles. The van der Waals surface area contributed by atoms with Gasteiger partial charge >= 0.3 is 0 Å². The molecule has 5 aromatic rings. The molecule has 6 rings (SSSR count). The Morgan fingerprint density at radius 2 is 1.97 bits per heavy atom. The Morgan fingerprint density at radius 3 is 2.75 bits per heavy atom. The maximum atomic E-state index is 6.72. The number of benzene rings is 2. The van der Waals surface area contributed by atoms with Crippen molar-refractivity contribution in [1.29, 1.82) is 0 Å². The highest BCUT2D eigenvalue weighted by Crippen LogP contribution is 2.32. The molecule has 0 unspecified atom stereocenters. The normalized spacial score (nSPS) is 13.6. The van der Waals surface area contributed by atoms with Gasteiger partial charge in [0, 0.05) is 48.7 Å². The zero-order valence-electron chi connectivity index (χ0n) is 20.6. The van der Waals surface area contributed by atoms with Gasteiger partial charge in [0.2, 0.25) is 0 Å². The molecule has 2 N–H and O–H groups in total. The monoisotopic (exact) mass is 499 g/mol.